The number of rotatable bonds is 9. The number of anilines is 1. The second kappa shape index (κ2) is 12.6. The first kappa shape index (κ1) is 27.9. The first-order valence-electron chi connectivity index (χ1n) is 11.4. The molecule has 7 nitrogen and oxygen atoms in total. The van der Waals surface area contributed by atoms with Gasteiger partial charge in [0.1, 0.15) is 5.82 Å². The maximum atomic E-state index is 13.7. The third-order valence-electron chi connectivity index (χ3n) is 5.57. The minimum atomic E-state index is -3.94. The maximum Gasteiger partial charge on any atom is 0.319 e. The van der Waals surface area contributed by atoms with Crippen LogP contribution in [0.5, 0.6) is 0 Å². The molecule has 11 heteroatoms. The van der Waals surface area contributed by atoms with Gasteiger partial charge in [-0.25, -0.2) is 17.6 Å². The molecule has 4 rings (SSSR count). The minimum Gasteiger partial charge on any atom is -0.334 e. The summed E-state index contributed by atoms with van der Waals surface area (Å²) in [6, 6.07) is 20.4. The summed E-state index contributed by atoms with van der Waals surface area (Å²) in [6.45, 7) is 0.474. The molecule has 0 atom stereocenters. The normalized spacial score (nSPS) is 11.4. The number of halogens is 3. The van der Waals surface area contributed by atoms with E-state index in [-0.39, 0.29) is 18.0 Å². The van der Waals surface area contributed by atoms with E-state index in [9.17, 15) is 17.6 Å². The Balaban J connectivity index is 1.51. The molecule has 196 valence electrons. The number of benzene rings is 3. The van der Waals surface area contributed by atoms with Gasteiger partial charge in [0.25, 0.3) is 0 Å². The van der Waals surface area contributed by atoms with E-state index >= 15 is 0 Å². The number of amides is 2. The summed E-state index contributed by atoms with van der Waals surface area (Å²) >= 11 is 6.89. The molecule has 0 spiro atoms. The average Bonchev–Trinajstić information content (AvgIpc) is 2.91. The fraction of sp³-hybridized carbons (Fsp3) is 0.111. The molecule has 0 aliphatic heterocycles. The van der Waals surface area contributed by atoms with Crippen LogP contribution in [-0.2, 0) is 29.7 Å². The highest BCUT2D eigenvalue weighted by Gasteiger charge is 2.25. The van der Waals surface area contributed by atoms with Gasteiger partial charge in [-0.1, -0.05) is 18.2 Å². The van der Waals surface area contributed by atoms with E-state index < -0.39 is 21.9 Å². The van der Waals surface area contributed by atoms with Crippen molar-refractivity contribution >= 4 is 53.6 Å². The van der Waals surface area contributed by atoms with Crippen LogP contribution in [0.1, 0.15) is 16.7 Å². The molecule has 4 aromatic rings. The van der Waals surface area contributed by atoms with Crippen molar-refractivity contribution in [1.29, 1.82) is 0 Å². The van der Waals surface area contributed by atoms with E-state index in [0.29, 0.717) is 17.8 Å². The fourth-order valence-corrected chi connectivity index (χ4v) is 5.67. The SMILES string of the molecule is O=C(NCc1ccncc1)Nc1ccc(S(=O)(=O)N(Cc2ccc(F)cc2)Cc2ccc(Br)c(Br)c2)cc1. The molecule has 38 heavy (non-hydrogen) atoms. The van der Waals surface area contributed by atoms with Crippen LogP contribution in [0.3, 0.4) is 0 Å². The highest BCUT2D eigenvalue weighted by atomic mass is 79.9. The van der Waals surface area contributed by atoms with E-state index in [4.69, 9.17) is 0 Å². The van der Waals surface area contributed by atoms with Crippen molar-refractivity contribution < 1.29 is 17.6 Å². The largest absolute Gasteiger partial charge is 0.334 e. The minimum absolute atomic E-state index is 0.0493. The predicted molar refractivity (Wildman–Crippen MR) is 151 cm³/mol. The number of aromatic nitrogens is 1. The Morgan fingerprint density at radius 2 is 1.45 bits per heavy atom. The van der Waals surface area contributed by atoms with Crippen LogP contribution >= 0.6 is 31.9 Å². The molecule has 0 radical (unpaired) electrons. The summed E-state index contributed by atoms with van der Waals surface area (Å²) in [5.74, 6) is -0.395. The molecule has 3 aromatic carbocycles. The number of hydrogen-bond acceptors (Lipinski definition) is 4. The van der Waals surface area contributed by atoms with Crippen LogP contribution in [-0.4, -0.2) is 23.7 Å². The van der Waals surface area contributed by atoms with Crippen molar-refractivity contribution in [2.45, 2.75) is 24.5 Å². The van der Waals surface area contributed by atoms with Gasteiger partial charge in [-0.3, -0.25) is 4.98 Å². The molecule has 0 aliphatic carbocycles. The summed E-state index contributed by atoms with van der Waals surface area (Å²) in [5, 5.41) is 5.44. The lowest BCUT2D eigenvalue weighted by atomic mass is 10.2. The van der Waals surface area contributed by atoms with Crippen molar-refractivity contribution in [3.63, 3.8) is 0 Å². The van der Waals surface area contributed by atoms with E-state index in [1.807, 2.05) is 18.2 Å². The highest BCUT2D eigenvalue weighted by Crippen LogP contribution is 2.27. The standard InChI is InChI=1S/C27H23Br2FN4O3S/c28-25-10-3-21(15-26(25)29)18-34(17-20-1-4-22(30)5-2-20)38(36,37)24-8-6-23(7-9-24)33-27(35)32-16-19-11-13-31-14-12-19/h1-15H,16-18H2,(H2,32,33,35). The predicted octanol–water partition coefficient (Wildman–Crippen LogP) is 6.46. The number of carbonyl (C=O) groups excluding carboxylic acids is 1. The van der Waals surface area contributed by atoms with Gasteiger partial charge in [0, 0.05) is 46.7 Å². The number of nitrogens with zero attached hydrogens (tertiary/aromatic N) is 2. The first-order valence-corrected chi connectivity index (χ1v) is 14.5. The van der Waals surface area contributed by atoms with Gasteiger partial charge in [-0.05, 0) is 109 Å². The number of carbonyl (C=O) groups is 1. The molecule has 1 aromatic heterocycles. The summed E-state index contributed by atoms with van der Waals surface area (Å²) in [6.07, 6.45) is 3.28. The van der Waals surface area contributed by atoms with E-state index in [1.54, 1.807) is 36.7 Å². The third-order valence-corrected chi connectivity index (χ3v) is 9.25. The number of sulfonamides is 1. The smallest absolute Gasteiger partial charge is 0.319 e. The zero-order chi connectivity index (χ0) is 27.1. The van der Waals surface area contributed by atoms with Crippen molar-refractivity contribution in [3.8, 4) is 0 Å². The summed E-state index contributed by atoms with van der Waals surface area (Å²) < 4.78 is 43.8. The van der Waals surface area contributed by atoms with Crippen molar-refractivity contribution in [1.82, 2.24) is 14.6 Å². The van der Waals surface area contributed by atoms with Crippen LogP contribution in [0.2, 0.25) is 0 Å². The van der Waals surface area contributed by atoms with Crippen LogP contribution < -0.4 is 10.6 Å². The summed E-state index contributed by atoms with van der Waals surface area (Å²) in [7, 11) is -3.94. The topological polar surface area (TPSA) is 91.4 Å². The van der Waals surface area contributed by atoms with Gasteiger partial charge in [0.2, 0.25) is 10.0 Å². The zero-order valence-corrected chi connectivity index (χ0v) is 23.9. The molecule has 2 N–H and O–H groups in total. The third kappa shape index (κ3) is 7.47. The van der Waals surface area contributed by atoms with Gasteiger partial charge >= 0.3 is 6.03 Å². The van der Waals surface area contributed by atoms with Gasteiger partial charge in [-0.15, -0.1) is 0 Å². The second-order valence-electron chi connectivity index (χ2n) is 8.34. The Morgan fingerprint density at radius 3 is 2.11 bits per heavy atom. The van der Waals surface area contributed by atoms with E-state index in [2.05, 4.69) is 47.5 Å². The molecule has 0 unspecified atom stereocenters. The van der Waals surface area contributed by atoms with Crippen LogP contribution in [0.25, 0.3) is 0 Å². The van der Waals surface area contributed by atoms with Crippen molar-refractivity contribution in [3.05, 3.63) is 123 Å². The Morgan fingerprint density at radius 1 is 0.816 bits per heavy atom. The molecule has 2 amide bonds. The summed E-state index contributed by atoms with van der Waals surface area (Å²) in [4.78, 5) is 16.3. The Bertz CT molecular complexity index is 1500. The lowest BCUT2D eigenvalue weighted by Gasteiger charge is -2.23. The number of pyridine rings is 1. The van der Waals surface area contributed by atoms with Crippen LogP contribution in [0.15, 0.2) is 105 Å². The Kier molecular flexibility index (Phi) is 9.26. The van der Waals surface area contributed by atoms with Crippen LogP contribution in [0, 0.1) is 5.82 Å². The number of hydrogen-bond donors (Lipinski definition) is 2. The monoisotopic (exact) mass is 660 g/mol. The lowest BCUT2D eigenvalue weighted by molar-refractivity contribution is 0.251. The van der Waals surface area contributed by atoms with Crippen LogP contribution in [0.4, 0.5) is 14.9 Å². The Labute approximate surface area is 237 Å². The molecule has 0 saturated heterocycles. The zero-order valence-electron chi connectivity index (χ0n) is 19.9. The molecule has 1 heterocycles. The summed E-state index contributed by atoms with van der Waals surface area (Å²) in [5.41, 5.74) is 2.76. The second-order valence-corrected chi connectivity index (χ2v) is 12.0. The maximum absolute atomic E-state index is 13.7. The number of nitrogens with one attached hydrogen (secondary N) is 2. The molecular weight excluding hydrogens is 639 g/mol. The van der Waals surface area contributed by atoms with E-state index in [0.717, 1.165) is 20.1 Å². The van der Waals surface area contributed by atoms with E-state index in [1.165, 1.54) is 40.7 Å². The quantitative estimate of drug-likeness (QED) is 0.216. The number of urea groups is 1. The van der Waals surface area contributed by atoms with Crippen molar-refractivity contribution in [2.75, 3.05) is 5.32 Å². The fourth-order valence-electron chi connectivity index (χ4n) is 3.58. The van der Waals surface area contributed by atoms with Gasteiger partial charge in [0.05, 0.1) is 4.90 Å². The van der Waals surface area contributed by atoms with Gasteiger partial charge in [0.15, 0.2) is 0 Å². The average molecular weight is 662 g/mol. The molecule has 0 fully saturated rings. The molecule has 0 saturated carbocycles. The molecule has 0 bridgehead atoms. The van der Waals surface area contributed by atoms with Gasteiger partial charge in [-0.2, -0.15) is 4.31 Å². The molecular formula is C27H23Br2FN4O3S. The highest BCUT2D eigenvalue weighted by molar-refractivity contribution is 9.13. The van der Waals surface area contributed by atoms with Gasteiger partial charge < -0.3 is 10.6 Å². The Hall–Kier alpha value is -3.12. The van der Waals surface area contributed by atoms with Crippen molar-refractivity contribution in [2.24, 2.45) is 0 Å². The lowest BCUT2D eigenvalue weighted by Crippen LogP contribution is -2.30. The molecule has 0 aliphatic rings. The first-order chi connectivity index (χ1) is 18.2.